The quantitative estimate of drug-likeness (QED) is 0.660. The number of aromatic nitrogens is 4. The van der Waals surface area contributed by atoms with E-state index in [-0.39, 0.29) is 0 Å². The summed E-state index contributed by atoms with van der Waals surface area (Å²) in [7, 11) is 0. The molecule has 0 fully saturated rings. The van der Waals surface area contributed by atoms with Crippen molar-refractivity contribution in [1.82, 2.24) is 19.6 Å². The van der Waals surface area contributed by atoms with Crippen LogP contribution in [0.1, 0.15) is 0 Å². The SMILES string of the molecule is Nc1cccn2nc(-c3ccncc3)nc12. The van der Waals surface area contributed by atoms with E-state index in [0.29, 0.717) is 17.2 Å². The summed E-state index contributed by atoms with van der Waals surface area (Å²) < 4.78 is 1.67. The number of hydrogen-bond acceptors (Lipinski definition) is 4. The number of pyridine rings is 2. The maximum Gasteiger partial charge on any atom is 0.182 e. The van der Waals surface area contributed by atoms with Gasteiger partial charge in [0.05, 0.1) is 5.69 Å². The topological polar surface area (TPSA) is 69.1 Å². The van der Waals surface area contributed by atoms with Gasteiger partial charge < -0.3 is 5.73 Å². The number of nitrogens with zero attached hydrogens (tertiary/aromatic N) is 4. The van der Waals surface area contributed by atoms with Crippen molar-refractivity contribution in [3.63, 3.8) is 0 Å². The third-order valence-corrected chi connectivity index (χ3v) is 2.33. The normalized spacial score (nSPS) is 10.8. The zero-order chi connectivity index (χ0) is 11.0. The molecule has 0 unspecified atom stereocenters. The molecule has 0 bridgehead atoms. The van der Waals surface area contributed by atoms with E-state index in [0.717, 1.165) is 5.56 Å². The van der Waals surface area contributed by atoms with Crippen LogP contribution >= 0.6 is 0 Å². The standard InChI is InChI=1S/C11H9N5/c12-9-2-1-7-16-11(9)14-10(15-16)8-3-5-13-6-4-8/h1-7H,12H2. The van der Waals surface area contributed by atoms with Crippen LogP contribution in [0.2, 0.25) is 0 Å². The van der Waals surface area contributed by atoms with Crippen LogP contribution in [0.25, 0.3) is 17.0 Å². The number of anilines is 1. The van der Waals surface area contributed by atoms with Crippen molar-refractivity contribution in [3.8, 4) is 11.4 Å². The summed E-state index contributed by atoms with van der Waals surface area (Å²) in [5.74, 6) is 0.653. The predicted molar refractivity (Wildman–Crippen MR) is 60.6 cm³/mol. The van der Waals surface area contributed by atoms with Crippen molar-refractivity contribution in [2.75, 3.05) is 5.73 Å². The minimum Gasteiger partial charge on any atom is -0.396 e. The Labute approximate surface area is 91.6 Å². The second-order valence-electron chi connectivity index (χ2n) is 3.40. The van der Waals surface area contributed by atoms with Gasteiger partial charge >= 0.3 is 0 Å². The van der Waals surface area contributed by atoms with Crippen molar-refractivity contribution in [2.24, 2.45) is 0 Å². The molecular weight excluding hydrogens is 202 g/mol. The Bertz CT molecular complexity index is 629. The first-order valence-electron chi connectivity index (χ1n) is 4.86. The molecule has 0 saturated carbocycles. The molecule has 3 heterocycles. The number of rotatable bonds is 1. The van der Waals surface area contributed by atoms with Gasteiger partial charge in [-0.2, -0.15) is 0 Å². The first kappa shape index (κ1) is 8.84. The van der Waals surface area contributed by atoms with Gasteiger partial charge in [0.25, 0.3) is 0 Å². The Morgan fingerprint density at radius 3 is 2.69 bits per heavy atom. The zero-order valence-corrected chi connectivity index (χ0v) is 8.41. The molecule has 2 N–H and O–H groups in total. The van der Waals surface area contributed by atoms with E-state index in [1.165, 1.54) is 0 Å². The average molecular weight is 211 g/mol. The number of hydrogen-bond donors (Lipinski definition) is 1. The Morgan fingerprint density at radius 2 is 1.94 bits per heavy atom. The van der Waals surface area contributed by atoms with Gasteiger partial charge in [0.15, 0.2) is 11.5 Å². The molecule has 5 heteroatoms. The summed E-state index contributed by atoms with van der Waals surface area (Å²) in [6, 6.07) is 7.38. The van der Waals surface area contributed by atoms with E-state index in [1.807, 2.05) is 24.4 Å². The van der Waals surface area contributed by atoms with Crippen LogP contribution in [-0.2, 0) is 0 Å². The minimum absolute atomic E-state index is 0.621. The fraction of sp³-hybridized carbons (Fsp3) is 0. The van der Waals surface area contributed by atoms with E-state index < -0.39 is 0 Å². The first-order chi connectivity index (χ1) is 7.84. The van der Waals surface area contributed by atoms with Crippen LogP contribution in [-0.4, -0.2) is 19.6 Å². The van der Waals surface area contributed by atoms with Gasteiger partial charge in [0.1, 0.15) is 0 Å². The maximum atomic E-state index is 5.81. The molecule has 16 heavy (non-hydrogen) atoms. The highest BCUT2D eigenvalue weighted by Gasteiger charge is 2.07. The lowest BCUT2D eigenvalue weighted by atomic mass is 10.2. The molecule has 0 aromatic carbocycles. The summed E-state index contributed by atoms with van der Waals surface area (Å²) in [6.07, 6.45) is 5.25. The second-order valence-corrected chi connectivity index (χ2v) is 3.40. The lowest BCUT2D eigenvalue weighted by Gasteiger charge is -1.92. The van der Waals surface area contributed by atoms with Crippen molar-refractivity contribution >= 4 is 11.3 Å². The van der Waals surface area contributed by atoms with Crippen LogP contribution in [0.3, 0.4) is 0 Å². The van der Waals surface area contributed by atoms with Crippen LogP contribution in [0.4, 0.5) is 5.69 Å². The number of nitrogens with two attached hydrogens (primary N) is 1. The largest absolute Gasteiger partial charge is 0.396 e. The first-order valence-corrected chi connectivity index (χ1v) is 4.86. The average Bonchev–Trinajstić information content (AvgIpc) is 2.76. The third-order valence-electron chi connectivity index (χ3n) is 2.33. The van der Waals surface area contributed by atoms with Crippen LogP contribution < -0.4 is 5.73 Å². The molecule has 0 aliphatic carbocycles. The molecule has 0 radical (unpaired) electrons. The van der Waals surface area contributed by atoms with E-state index in [9.17, 15) is 0 Å². The molecule has 0 atom stereocenters. The van der Waals surface area contributed by atoms with E-state index in [1.54, 1.807) is 23.0 Å². The van der Waals surface area contributed by atoms with Crippen molar-refractivity contribution in [3.05, 3.63) is 42.9 Å². The molecule has 0 spiro atoms. The monoisotopic (exact) mass is 211 g/mol. The lowest BCUT2D eigenvalue weighted by Crippen LogP contribution is -1.92. The maximum absolute atomic E-state index is 5.81. The second kappa shape index (κ2) is 3.30. The van der Waals surface area contributed by atoms with Crippen LogP contribution in [0.15, 0.2) is 42.9 Å². The highest BCUT2D eigenvalue weighted by molar-refractivity contribution is 5.67. The molecule has 3 aromatic rings. The van der Waals surface area contributed by atoms with Crippen LogP contribution in [0.5, 0.6) is 0 Å². The molecule has 0 amide bonds. The van der Waals surface area contributed by atoms with Gasteiger partial charge in [0.2, 0.25) is 0 Å². The Hall–Kier alpha value is -2.43. The smallest absolute Gasteiger partial charge is 0.182 e. The van der Waals surface area contributed by atoms with E-state index >= 15 is 0 Å². The van der Waals surface area contributed by atoms with Gasteiger partial charge in [-0.15, -0.1) is 5.10 Å². The molecular formula is C11H9N5. The molecule has 5 nitrogen and oxygen atoms in total. The highest BCUT2D eigenvalue weighted by atomic mass is 15.3. The molecule has 78 valence electrons. The molecule has 0 saturated heterocycles. The molecule has 3 aromatic heterocycles. The predicted octanol–water partition coefficient (Wildman–Crippen LogP) is 1.37. The van der Waals surface area contributed by atoms with Gasteiger partial charge in [-0.3, -0.25) is 4.98 Å². The molecule has 0 aliphatic heterocycles. The Morgan fingerprint density at radius 1 is 1.12 bits per heavy atom. The summed E-state index contributed by atoms with van der Waals surface area (Å²) in [5.41, 5.74) is 8.04. The van der Waals surface area contributed by atoms with Gasteiger partial charge in [-0.05, 0) is 24.3 Å². The summed E-state index contributed by atoms with van der Waals surface area (Å²) in [6.45, 7) is 0. The van der Waals surface area contributed by atoms with Crippen molar-refractivity contribution in [2.45, 2.75) is 0 Å². The van der Waals surface area contributed by atoms with E-state index in [2.05, 4.69) is 15.1 Å². The highest BCUT2D eigenvalue weighted by Crippen LogP contribution is 2.17. The van der Waals surface area contributed by atoms with Gasteiger partial charge in [-0.1, -0.05) is 0 Å². The van der Waals surface area contributed by atoms with Crippen LogP contribution in [0, 0.1) is 0 Å². The molecule has 0 aliphatic rings. The fourth-order valence-corrected chi connectivity index (χ4v) is 1.55. The minimum atomic E-state index is 0.621. The summed E-state index contributed by atoms with van der Waals surface area (Å²) >= 11 is 0. The Balaban J connectivity index is 2.23. The fourth-order valence-electron chi connectivity index (χ4n) is 1.55. The van der Waals surface area contributed by atoms with Gasteiger partial charge in [0, 0.05) is 24.2 Å². The summed E-state index contributed by atoms with van der Waals surface area (Å²) in [5, 5.41) is 4.34. The lowest BCUT2D eigenvalue weighted by molar-refractivity contribution is 0.967. The number of nitrogen functional groups attached to an aromatic ring is 1. The number of fused-ring (bicyclic) bond motifs is 1. The molecule has 3 rings (SSSR count). The van der Waals surface area contributed by atoms with E-state index in [4.69, 9.17) is 5.73 Å². The third kappa shape index (κ3) is 1.30. The van der Waals surface area contributed by atoms with Crippen molar-refractivity contribution < 1.29 is 0 Å². The summed E-state index contributed by atoms with van der Waals surface area (Å²) in [4.78, 5) is 8.34. The van der Waals surface area contributed by atoms with Gasteiger partial charge in [-0.25, -0.2) is 9.50 Å². The Kier molecular flexibility index (Phi) is 1.83. The van der Waals surface area contributed by atoms with Crippen molar-refractivity contribution in [1.29, 1.82) is 0 Å². The zero-order valence-electron chi connectivity index (χ0n) is 8.41.